The number of likely N-dealkylation sites (tertiary alicyclic amines) is 1. The van der Waals surface area contributed by atoms with Gasteiger partial charge in [0, 0.05) is 12.1 Å². The van der Waals surface area contributed by atoms with E-state index >= 15 is 0 Å². The molecule has 1 aliphatic heterocycles. The number of nitrogens with one attached hydrogen (secondary N) is 1. The second kappa shape index (κ2) is 9.78. The quantitative estimate of drug-likeness (QED) is 0.678. The fourth-order valence-corrected chi connectivity index (χ4v) is 3.49. The SMILES string of the molecule is CCCN1CCC(C(C)NC(C)CCCC(C)C)CC1. The lowest BCUT2D eigenvalue weighted by Gasteiger charge is -2.36. The topological polar surface area (TPSA) is 15.3 Å². The number of hydrogen-bond donors (Lipinski definition) is 1. The van der Waals surface area contributed by atoms with Gasteiger partial charge in [0.1, 0.15) is 0 Å². The van der Waals surface area contributed by atoms with Gasteiger partial charge in [-0.05, 0) is 71.0 Å². The molecule has 0 spiro atoms. The van der Waals surface area contributed by atoms with Gasteiger partial charge in [0.05, 0.1) is 0 Å². The molecule has 0 aliphatic carbocycles. The Morgan fingerprint density at radius 3 is 2.25 bits per heavy atom. The van der Waals surface area contributed by atoms with E-state index in [0.717, 1.165) is 11.8 Å². The Balaban J connectivity index is 2.17. The second-order valence-corrected chi connectivity index (χ2v) is 7.36. The minimum atomic E-state index is 0.678. The third-order valence-electron chi connectivity index (χ3n) is 4.85. The van der Waals surface area contributed by atoms with Crippen molar-refractivity contribution in [3.8, 4) is 0 Å². The van der Waals surface area contributed by atoms with Crippen LogP contribution in [0.25, 0.3) is 0 Å². The number of nitrogens with zero attached hydrogens (tertiary/aromatic N) is 1. The normalized spacial score (nSPS) is 21.3. The zero-order valence-corrected chi connectivity index (χ0v) is 14.6. The summed E-state index contributed by atoms with van der Waals surface area (Å²) in [6.45, 7) is 15.6. The Bertz CT molecular complexity index is 232. The van der Waals surface area contributed by atoms with Gasteiger partial charge < -0.3 is 10.2 Å². The van der Waals surface area contributed by atoms with Gasteiger partial charge in [0.25, 0.3) is 0 Å². The van der Waals surface area contributed by atoms with Gasteiger partial charge in [-0.3, -0.25) is 0 Å². The van der Waals surface area contributed by atoms with Crippen molar-refractivity contribution < 1.29 is 0 Å². The molecule has 0 bridgehead atoms. The minimum absolute atomic E-state index is 0.678. The lowest BCUT2D eigenvalue weighted by atomic mass is 9.89. The van der Waals surface area contributed by atoms with Crippen molar-refractivity contribution >= 4 is 0 Å². The highest BCUT2D eigenvalue weighted by Crippen LogP contribution is 2.21. The van der Waals surface area contributed by atoms with E-state index < -0.39 is 0 Å². The predicted molar refractivity (Wildman–Crippen MR) is 90.2 cm³/mol. The van der Waals surface area contributed by atoms with Crippen LogP contribution in [-0.2, 0) is 0 Å². The maximum absolute atomic E-state index is 3.85. The van der Waals surface area contributed by atoms with Gasteiger partial charge in [-0.2, -0.15) is 0 Å². The molecule has 120 valence electrons. The van der Waals surface area contributed by atoms with Crippen molar-refractivity contribution in [2.75, 3.05) is 19.6 Å². The van der Waals surface area contributed by atoms with Crippen molar-refractivity contribution in [2.24, 2.45) is 11.8 Å². The van der Waals surface area contributed by atoms with Crippen molar-refractivity contribution in [3.05, 3.63) is 0 Å². The highest BCUT2D eigenvalue weighted by molar-refractivity contribution is 4.81. The van der Waals surface area contributed by atoms with Crippen molar-refractivity contribution in [3.63, 3.8) is 0 Å². The first-order valence-corrected chi connectivity index (χ1v) is 9.01. The summed E-state index contributed by atoms with van der Waals surface area (Å²) in [5.41, 5.74) is 0. The summed E-state index contributed by atoms with van der Waals surface area (Å²) in [5.74, 6) is 1.73. The van der Waals surface area contributed by atoms with Crippen LogP contribution in [0.4, 0.5) is 0 Å². The molecule has 0 aromatic heterocycles. The highest BCUT2D eigenvalue weighted by Gasteiger charge is 2.24. The molecule has 1 fully saturated rings. The Morgan fingerprint density at radius 2 is 1.70 bits per heavy atom. The molecule has 0 aromatic carbocycles. The van der Waals surface area contributed by atoms with Crippen LogP contribution < -0.4 is 5.32 Å². The van der Waals surface area contributed by atoms with Gasteiger partial charge in [0.2, 0.25) is 0 Å². The zero-order valence-electron chi connectivity index (χ0n) is 14.6. The molecule has 1 rings (SSSR count). The van der Waals surface area contributed by atoms with E-state index in [1.54, 1.807) is 0 Å². The van der Waals surface area contributed by atoms with Gasteiger partial charge in [-0.25, -0.2) is 0 Å². The van der Waals surface area contributed by atoms with Crippen LogP contribution in [0.1, 0.15) is 73.1 Å². The van der Waals surface area contributed by atoms with Gasteiger partial charge >= 0.3 is 0 Å². The van der Waals surface area contributed by atoms with Crippen LogP contribution in [0, 0.1) is 11.8 Å². The molecule has 2 nitrogen and oxygen atoms in total. The summed E-state index contributed by atoms with van der Waals surface area (Å²) in [6, 6.07) is 1.37. The molecule has 2 unspecified atom stereocenters. The number of rotatable bonds is 9. The summed E-state index contributed by atoms with van der Waals surface area (Å²) in [7, 11) is 0. The van der Waals surface area contributed by atoms with Crippen LogP contribution in [-0.4, -0.2) is 36.6 Å². The monoisotopic (exact) mass is 282 g/mol. The average Bonchev–Trinajstić information content (AvgIpc) is 2.39. The molecule has 1 heterocycles. The first-order chi connectivity index (χ1) is 9.52. The largest absolute Gasteiger partial charge is 0.312 e. The Morgan fingerprint density at radius 1 is 1.05 bits per heavy atom. The fraction of sp³-hybridized carbons (Fsp3) is 1.00. The van der Waals surface area contributed by atoms with Crippen LogP contribution in [0.3, 0.4) is 0 Å². The Labute approximate surface area is 127 Å². The predicted octanol–water partition coefficient (Wildman–Crippen LogP) is 4.30. The molecule has 0 amide bonds. The third kappa shape index (κ3) is 7.08. The van der Waals surface area contributed by atoms with Gasteiger partial charge in [-0.1, -0.05) is 33.6 Å². The van der Waals surface area contributed by atoms with Crippen molar-refractivity contribution in [1.82, 2.24) is 10.2 Å². The van der Waals surface area contributed by atoms with E-state index in [4.69, 9.17) is 0 Å². The molecule has 1 aliphatic rings. The molecule has 0 saturated carbocycles. The van der Waals surface area contributed by atoms with Crippen LogP contribution >= 0.6 is 0 Å². The van der Waals surface area contributed by atoms with Crippen LogP contribution in [0.15, 0.2) is 0 Å². The van der Waals surface area contributed by atoms with E-state index in [0.29, 0.717) is 12.1 Å². The molecule has 2 heteroatoms. The first kappa shape index (κ1) is 18.0. The second-order valence-electron chi connectivity index (χ2n) is 7.36. The third-order valence-corrected chi connectivity index (χ3v) is 4.85. The van der Waals surface area contributed by atoms with E-state index in [2.05, 4.69) is 44.8 Å². The Kier molecular flexibility index (Phi) is 8.79. The summed E-state index contributed by atoms with van der Waals surface area (Å²) in [5, 5.41) is 3.85. The minimum Gasteiger partial charge on any atom is -0.312 e. The maximum atomic E-state index is 3.85. The van der Waals surface area contributed by atoms with E-state index in [9.17, 15) is 0 Å². The molecule has 0 radical (unpaired) electrons. The Hall–Kier alpha value is -0.0800. The molecule has 1 N–H and O–H groups in total. The average molecular weight is 283 g/mol. The molecular formula is C18H38N2. The maximum Gasteiger partial charge on any atom is 0.00704 e. The fourth-order valence-electron chi connectivity index (χ4n) is 3.49. The molecule has 2 atom stereocenters. The lowest BCUT2D eigenvalue weighted by Crippen LogP contribution is -2.44. The van der Waals surface area contributed by atoms with Crippen LogP contribution in [0.2, 0.25) is 0 Å². The highest BCUT2D eigenvalue weighted by atomic mass is 15.1. The van der Waals surface area contributed by atoms with Gasteiger partial charge in [-0.15, -0.1) is 0 Å². The lowest BCUT2D eigenvalue weighted by molar-refractivity contribution is 0.158. The van der Waals surface area contributed by atoms with E-state index in [1.807, 2.05) is 0 Å². The van der Waals surface area contributed by atoms with Crippen molar-refractivity contribution in [1.29, 1.82) is 0 Å². The standard InChI is InChI=1S/C18H38N2/c1-6-12-20-13-10-18(11-14-20)17(5)19-16(4)9-7-8-15(2)3/h15-19H,6-14H2,1-5H3. The van der Waals surface area contributed by atoms with E-state index in [1.165, 1.54) is 58.2 Å². The van der Waals surface area contributed by atoms with E-state index in [-0.39, 0.29) is 0 Å². The number of piperidine rings is 1. The molecular weight excluding hydrogens is 244 g/mol. The molecule has 20 heavy (non-hydrogen) atoms. The summed E-state index contributed by atoms with van der Waals surface area (Å²) in [4.78, 5) is 2.63. The summed E-state index contributed by atoms with van der Waals surface area (Å²) >= 11 is 0. The smallest absolute Gasteiger partial charge is 0.00704 e. The summed E-state index contributed by atoms with van der Waals surface area (Å²) < 4.78 is 0. The first-order valence-electron chi connectivity index (χ1n) is 9.01. The number of hydrogen-bond acceptors (Lipinski definition) is 2. The van der Waals surface area contributed by atoms with Gasteiger partial charge in [0.15, 0.2) is 0 Å². The van der Waals surface area contributed by atoms with Crippen molar-refractivity contribution in [2.45, 2.75) is 85.2 Å². The zero-order chi connectivity index (χ0) is 15.0. The van der Waals surface area contributed by atoms with Crippen LogP contribution in [0.5, 0.6) is 0 Å². The summed E-state index contributed by atoms with van der Waals surface area (Å²) in [6.07, 6.45) is 8.13. The molecule has 1 saturated heterocycles. The molecule has 0 aromatic rings.